The van der Waals surface area contributed by atoms with E-state index in [4.69, 9.17) is 4.74 Å². The number of piperidine rings is 1. The minimum Gasteiger partial charge on any atom is -0.383 e. The zero-order valence-electron chi connectivity index (χ0n) is 11.8. The first-order valence-corrected chi connectivity index (χ1v) is 7.73. The summed E-state index contributed by atoms with van der Waals surface area (Å²) in [4.78, 5) is 11.8. The highest BCUT2D eigenvalue weighted by atomic mass is 32.2. The van der Waals surface area contributed by atoms with Crippen molar-refractivity contribution in [3.05, 3.63) is 0 Å². The Morgan fingerprint density at radius 1 is 1.37 bits per heavy atom. The van der Waals surface area contributed by atoms with Crippen LogP contribution < -0.4 is 5.32 Å². The fraction of sp³-hybridized carbons (Fsp3) is 0.909. The van der Waals surface area contributed by atoms with Crippen LogP contribution in [-0.2, 0) is 19.7 Å². The smallest absolute Gasteiger partial charge is 0.281 e. The Hall–Kier alpha value is -0.700. The van der Waals surface area contributed by atoms with E-state index in [1.807, 2.05) is 0 Å². The molecule has 112 valence electrons. The first-order chi connectivity index (χ1) is 8.89. The first-order valence-electron chi connectivity index (χ1n) is 6.34. The molecule has 0 aromatic rings. The van der Waals surface area contributed by atoms with Gasteiger partial charge >= 0.3 is 0 Å². The van der Waals surface area contributed by atoms with Gasteiger partial charge in [0.25, 0.3) is 10.2 Å². The summed E-state index contributed by atoms with van der Waals surface area (Å²) in [6.45, 7) is 1.76. The van der Waals surface area contributed by atoms with Crippen molar-refractivity contribution in [3.63, 3.8) is 0 Å². The number of ether oxygens (including phenoxy) is 1. The summed E-state index contributed by atoms with van der Waals surface area (Å²) in [5, 5.41) is 2.79. The minimum absolute atomic E-state index is 0.0149. The zero-order chi connectivity index (χ0) is 14.5. The summed E-state index contributed by atoms with van der Waals surface area (Å²) < 4.78 is 31.3. The van der Waals surface area contributed by atoms with E-state index < -0.39 is 10.2 Å². The van der Waals surface area contributed by atoms with Gasteiger partial charge in [0.1, 0.15) is 0 Å². The van der Waals surface area contributed by atoms with Crippen molar-refractivity contribution in [2.45, 2.75) is 12.8 Å². The highest BCUT2D eigenvalue weighted by molar-refractivity contribution is 7.86. The van der Waals surface area contributed by atoms with Crippen LogP contribution in [0.3, 0.4) is 0 Å². The molecule has 1 amide bonds. The number of nitrogens with zero attached hydrogens (tertiary/aromatic N) is 2. The van der Waals surface area contributed by atoms with Crippen LogP contribution in [0.5, 0.6) is 0 Å². The number of hydrogen-bond donors (Lipinski definition) is 1. The number of amides is 1. The number of carbonyl (C=O) groups excluding carboxylic acids is 1. The monoisotopic (exact) mass is 293 g/mol. The maximum absolute atomic E-state index is 11.9. The van der Waals surface area contributed by atoms with Crippen molar-refractivity contribution in [3.8, 4) is 0 Å². The van der Waals surface area contributed by atoms with E-state index in [9.17, 15) is 13.2 Å². The first kappa shape index (κ1) is 16.4. The summed E-state index contributed by atoms with van der Waals surface area (Å²) in [6, 6.07) is 0. The molecule has 0 atom stereocenters. The van der Waals surface area contributed by atoms with E-state index in [1.54, 1.807) is 7.11 Å². The molecule has 0 aromatic heterocycles. The molecule has 1 aliphatic rings. The van der Waals surface area contributed by atoms with Gasteiger partial charge in [0.2, 0.25) is 5.91 Å². The van der Waals surface area contributed by atoms with Gasteiger partial charge in [-0.1, -0.05) is 0 Å². The number of methoxy groups -OCH3 is 1. The molecule has 0 aliphatic carbocycles. The SMILES string of the molecule is COCCNC(=O)C1CCN(S(=O)(=O)N(C)C)CC1. The molecule has 0 unspecified atom stereocenters. The van der Waals surface area contributed by atoms with E-state index in [0.717, 1.165) is 0 Å². The van der Waals surface area contributed by atoms with Crippen LogP contribution in [0.4, 0.5) is 0 Å². The fourth-order valence-corrected chi connectivity index (χ4v) is 3.13. The van der Waals surface area contributed by atoms with Crippen LogP contribution in [0.25, 0.3) is 0 Å². The van der Waals surface area contributed by atoms with Gasteiger partial charge in [0, 0.05) is 46.8 Å². The van der Waals surface area contributed by atoms with E-state index >= 15 is 0 Å². The van der Waals surface area contributed by atoms with E-state index in [1.165, 1.54) is 22.7 Å². The van der Waals surface area contributed by atoms with E-state index in [2.05, 4.69) is 5.32 Å². The third-order valence-corrected chi connectivity index (χ3v) is 5.16. The Morgan fingerprint density at radius 2 is 1.95 bits per heavy atom. The van der Waals surface area contributed by atoms with Crippen LogP contribution >= 0.6 is 0 Å². The number of rotatable bonds is 6. The van der Waals surface area contributed by atoms with Crippen LogP contribution in [0, 0.1) is 5.92 Å². The molecular formula is C11H23N3O4S. The molecule has 19 heavy (non-hydrogen) atoms. The lowest BCUT2D eigenvalue weighted by atomic mass is 9.97. The standard InChI is InChI=1S/C11H23N3O4S/c1-13(2)19(16,17)14-7-4-10(5-8-14)11(15)12-6-9-18-3/h10H,4-9H2,1-3H3,(H,12,15). The molecular weight excluding hydrogens is 270 g/mol. The van der Waals surface area contributed by atoms with Crippen molar-refractivity contribution < 1.29 is 17.9 Å². The fourth-order valence-electron chi connectivity index (χ4n) is 2.00. The Bertz CT molecular complexity index is 389. The van der Waals surface area contributed by atoms with Gasteiger partial charge < -0.3 is 10.1 Å². The molecule has 1 rings (SSSR count). The molecule has 0 radical (unpaired) electrons. The Kier molecular flexibility index (Phi) is 6.18. The summed E-state index contributed by atoms with van der Waals surface area (Å²) in [6.07, 6.45) is 1.12. The zero-order valence-corrected chi connectivity index (χ0v) is 12.6. The van der Waals surface area contributed by atoms with Gasteiger partial charge in [-0.3, -0.25) is 4.79 Å². The largest absolute Gasteiger partial charge is 0.383 e. The maximum Gasteiger partial charge on any atom is 0.281 e. The number of nitrogens with one attached hydrogen (secondary N) is 1. The van der Waals surface area contributed by atoms with Crippen LogP contribution in [-0.4, -0.2) is 70.4 Å². The lowest BCUT2D eigenvalue weighted by molar-refractivity contribution is -0.126. The summed E-state index contributed by atoms with van der Waals surface area (Å²) >= 11 is 0. The van der Waals surface area contributed by atoms with E-state index in [-0.39, 0.29) is 11.8 Å². The van der Waals surface area contributed by atoms with Crippen LogP contribution in [0.2, 0.25) is 0 Å². The van der Waals surface area contributed by atoms with Gasteiger partial charge in [-0.05, 0) is 12.8 Å². The molecule has 1 saturated heterocycles. The Balaban J connectivity index is 2.43. The summed E-state index contributed by atoms with van der Waals surface area (Å²) in [5.74, 6) is -0.121. The third-order valence-electron chi connectivity index (χ3n) is 3.22. The van der Waals surface area contributed by atoms with Gasteiger partial charge in [-0.2, -0.15) is 17.0 Å². The molecule has 0 spiro atoms. The lowest BCUT2D eigenvalue weighted by Gasteiger charge is -2.32. The van der Waals surface area contributed by atoms with Crippen molar-refractivity contribution in [1.29, 1.82) is 0 Å². The number of hydrogen-bond acceptors (Lipinski definition) is 4. The molecule has 1 N–H and O–H groups in total. The van der Waals surface area contributed by atoms with Gasteiger partial charge in [0.15, 0.2) is 0 Å². The predicted molar refractivity (Wildman–Crippen MR) is 71.8 cm³/mol. The second-order valence-corrected chi connectivity index (χ2v) is 6.89. The normalized spacial score (nSPS) is 18.7. The van der Waals surface area contributed by atoms with E-state index in [0.29, 0.717) is 39.1 Å². The molecule has 1 heterocycles. The van der Waals surface area contributed by atoms with Gasteiger partial charge in [0.05, 0.1) is 6.61 Å². The maximum atomic E-state index is 11.9. The Labute approximate surface area is 115 Å². The van der Waals surface area contributed by atoms with Crippen LogP contribution in [0.15, 0.2) is 0 Å². The van der Waals surface area contributed by atoms with Crippen LogP contribution in [0.1, 0.15) is 12.8 Å². The predicted octanol–water partition coefficient (Wildman–Crippen LogP) is -0.733. The molecule has 1 fully saturated rings. The topological polar surface area (TPSA) is 79.0 Å². The third kappa shape index (κ3) is 4.41. The molecule has 0 bridgehead atoms. The molecule has 0 aromatic carbocycles. The average Bonchev–Trinajstić information content (AvgIpc) is 2.39. The molecule has 7 nitrogen and oxygen atoms in total. The summed E-state index contributed by atoms with van der Waals surface area (Å²) in [7, 11) is 1.25. The second-order valence-electron chi connectivity index (χ2n) is 4.75. The quantitative estimate of drug-likeness (QED) is 0.655. The molecule has 0 saturated carbocycles. The second kappa shape index (κ2) is 7.18. The lowest BCUT2D eigenvalue weighted by Crippen LogP contribution is -2.47. The molecule has 8 heteroatoms. The summed E-state index contributed by atoms with van der Waals surface area (Å²) in [5.41, 5.74) is 0. The van der Waals surface area contributed by atoms with Crippen molar-refractivity contribution in [1.82, 2.24) is 13.9 Å². The van der Waals surface area contributed by atoms with Gasteiger partial charge in [-0.15, -0.1) is 0 Å². The van der Waals surface area contributed by atoms with Crippen molar-refractivity contribution >= 4 is 16.1 Å². The number of carbonyl (C=O) groups is 1. The van der Waals surface area contributed by atoms with Crippen molar-refractivity contribution in [2.24, 2.45) is 5.92 Å². The van der Waals surface area contributed by atoms with Gasteiger partial charge in [-0.25, -0.2) is 0 Å². The highest BCUT2D eigenvalue weighted by Crippen LogP contribution is 2.20. The van der Waals surface area contributed by atoms with Crippen molar-refractivity contribution in [2.75, 3.05) is 47.4 Å². The minimum atomic E-state index is -3.36. The molecule has 1 aliphatic heterocycles. The highest BCUT2D eigenvalue weighted by Gasteiger charge is 2.31. The Morgan fingerprint density at radius 3 is 2.42 bits per heavy atom. The average molecular weight is 293 g/mol.